The van der Waals surface area contributed by atoms with E-state index < -0.39 is 11.6 Å². The van der Waals surface area contributed by atoms with E-state index >= 15 is 0 Å². The first-order valence-corrected chi connectivity index (χ1v) is 13.1. The van der Waals surface area contributed by atoms with Crippen molar-refractivity contribution in [2.45, 2.75) is 37.8 Å². The Morgan fingerprint density at radius 3 is 2.59 bits per heavy atom. The molecular formula is C29H30ClN5O4. The summed E-state index contributed by atoms with van der Waals surface area (Å²) in [5.41, 5.74) is 10.5. The van der Waals surface area contributed by atoms with Crippen molar-refractivity contribution in [2.75, 3.05) is 19.8 Å². The Morgan fingerprint density at radius 2 is 1.87 bits per heavy atom. The SMILES string of the molecule is C[C@H]1OC(c2ccc(OCCCO)cc2)=N[C@@]1(Cc1ccccc1N=[N+]=[N-])C(=O)NCCc1ccccc1Cl. The first-order valence-electron chi connectivity index (χ1n) is 12.7. The molecule has 0 spiro atoms. The number of nitrogens with zero attached hydrogens (tertiary/aromatic N) is 4. The van der Waals surface area contributed by atoms with Crippen LogP contribution in [0.1, 0.15) is 30.0 Å². The van der Waals surface area contributed by atoms with Crippen molar-refractivity contribution < 1.29 is 19.4 Å². The Kier molecular flexibility index (Phi) is 9.44. The second kappa shape index (κ2) is 13.2. The van der Waals surface area contributed by atoms with Gasteiger partial charge in [-0.1, -0.05) is 59.2 Å². The molecule has 9 nitrogen and oxygen atoms in total. The molecule has 3 aromatic rings. The van der Waals surface area contributed by atoms with Gasteiger partial charge in [-0.25, -0.2) is 4.99 Å². The smallest absolute Gasteiger partial charge is 0.252 e. The highest BCUT2D eigenvalue weighted by Crippen LogP contribution is 2.35. The molecule has 0 radical (unpaired) electrons. The highest BCUT2D eigenvalue weighted by Gasteiger charge is 2.50. The van der Waals surface area contributed by atoms with Gasteiger partial charge in [0.1, 0.15) is 11.9 Å². The van der Waals surface area contributed by atoms with Crippen molar-refractivity contribution in [3.05, 3.63) is 105 Å². The largest absolute Gasteiger partial charge is 0.494 e. The van der Waals surface area contributed by atoms with Crippen LogP contribution in [0.3, 0.4) is 0 Å². The second-order valence-electron chi connectivity index (χ2n) is 9.14. The lowest BCUT2D eigenvalue weighted by atomic mass is 9.85. The van der Waals surface area contributed by atoms with E-state index in [0.717, 1.165) is 5.56 Å². The van der Waals surface area contributed by atoms with E-state index in [0.29, 0.717) is 59.5 Å². The maximum atomic E-state index is 13.8. The molecule has 0 unspecified atom stereocenters. The van der Waals surface area contributed by atoms with Gasteiger partial charge in [-0.05, 0) is 60.3 Å². The van der Waals surface area contributed by atoms with Gasteiger partial charge < -0.3 is 19.9 Å². The van der Waals surface area contributed by atoms with Crippen LogP contribution in [0.15, 0.2) is 82.9 Å². The van der Waals surface area contributed by atoms with Gasteiger partial charge in [0, 0.05) is 47.2 Å². The zero-order chi connectivity index (χ0) is 27.7. The van der Waals surface area contributed by atoms with Crippen LogP contribution in [0, 0.1) is 0 Å². The van der Waals surface area contributed by atoms with E-state index in [9.17, 15) is 4.79 Å². The van der Waals surface area contributed by atoms with Crippen LogP contribution in [-0.4, -0.2) is 48.3 Å². The summed E-state index contributed by atoms with van der Waals surface area (Å²) >= 11 is 6.29. The zero-order valence-electron chi connectivity index (χ0n) is 21.6. The molecule has 0 fully saturated rings. The number of hydrogen-bond acceptors (Lipinski definition) is 6. The van der Waals surface area contributed by atoms with Gasteiger partial charge in [-0.2, -0.15) is 0 Å². The summed E-state index contributed by atoms with van der Waals surface area (Å²) in [5.74, 6) is 0.703. The van der Waals surface area contributed by atoms with Gasteiger partial charge in [0.05, 0.1) is 6.61 Å². The lowest BCUT2D eigenvalue weighted by molar-refractivity contribution is -0.128. The van der Waals surface area contributed by atoms with Gasteiger partial charge in [0.2, 0.25) is 5.90 Å². The minimum Gasteiger partial charge on any atom is -0.494 e. The number of carbonyl (C=O) groups is 1. The van der Waals surface area contributed by atoms with Crippen molar-refractivity contribution in [3.8, 4) is 5.75 Å². The summed E-state index contributed by atoms with van der Waals surface area (Å²) in [7, 11) is 0. The van der Waals surface area contributed by atoms with Crippen LogP contribution in [0.2, 0.25) is 5.02 Å². The molecule has 0 aromatic heterocycles. The average Bonchev–Trinajstić information content (AvgIpc) is 3.28. The standard InChI is InChI=1S/C29H30ClN5O4/c1-20-29(19-23-8-3-5-10-26(23)34-35-31,28(37)32-16-15-21-7-2-4-9-25(21)30)33-27(39-20)22-11-13-24(14-12-22)38-18-6-17-36/h2-5,7-14,20,36H,6,15-19H2,1H3,(H,32,37)/t20-,29-/m1/s1. The molecule has 10 heteroatoms. The van der Waals surface area contributed by atoms with Crippen LogP contribution < -0.4 is 10.1 Å². The van der Waals surface area contributed by atoms with Crippen LogP contribution in [0.4, 0.5) is 5.69 Å². The maximum absolute atomic E-state index is 13.8. The summed E-state index contributed by atoms with van der Waals surface area (Å²) < 4.78 is 11.8. The fraction of sp³-hybridized carbons (Fsp3) is 0.310. The molecule has 39 heavy (non-hydrogen) atoms. The van der Waals surface area contributed by atoms with Crippen molar-refractivity contribution in [2.24, 2.45) is 10.1 Å². The normalized spacial score (nSPS) is 18.0. The van der Waals surface area contributed by atoms with Gasteiger partial charge in [-0.15, -0.1) is 0 Å². The van der Waals surface area contributed by atoms with Gasteiger partial charge in [0.25, 0.3) is 5.91 Å². The van der Waals surface area contributed by atoms with Gasteiger partial charge in [0.15, 0.2) is 5.54 Å². The van der Waals surface area contributed by atoms with E-state index in [1.54, 1.807) is 24.3 Å². The number of aliphatic imine (C=N–C) groups is 1. The Morgan fingerprint density at radius 1 is 1.15 bits per heavy atom. The molecule has 3 aromatic carbocycles. The van der Waals surface area contributed by atoms with Crippen LogP contribution >= 0.6 is 11.6 Å². The van der Waals surface area contributed by atoms with Crippen molar-refractivity contribution in [3.63, 3.8) is 0 Å². The number of nitrogens with one attached hydrogen (secondary N) is 1. The summed E-state index contributed by atoms with van der Waals surface area (Å²) in [4.78, 5) is 21.6. The molecular weight excluding hydrogens is 518 g/mol. The summed E-state index contributed by atoms with van der Waals surface area (Å²) in [6.07, 6.45) is 0.668. The average molecular weight is 548 g/mol. The Bertz CT molecular complexity index is 1370. The van der Waals surface area contributed by atoms with Gasteiger partial charge in [-0.3, -0.25) is 4.79 Å². The minimum absolute atomic E-state index is 0.0615. The highest BCUT2D eigenvalue weighted by molar-refractivity contribution is 6.31. The number of aliphatic hydroxyl groups is 1. The molecule has 0 aliphatic carbocycles. The number of amides is 1. The molecule has 0 bridgehead atoms. The fourth-order valence-corrected chi connectivity index (χ4v) is 4.63. The lowest BCUT2D eigenvalue weighted by Gasteiger charge is -2.28. The van der Waals surface area contributed by atoms with Crippen LogP contribution in [0.5, 0.6) is 5.75 Å². The zero-order valence-corrected chi connectivity index (χ0v) is 22.3. The molecule has 1 aliphatic heterocycles. The number of carbonyl (C=O) groups excluding carboxylic acids is 1. The van der Waals surface area contributed by atoms with Crippen LogP contribution in [0.25, 0.3) is 10.4 Å². The predicted octanol–water partition coefficient (Wildman–Crippen LogP) is 5.55. The Balaban J connectivity index is 1.62. The van der Waals surface area contributed by atoms with Crippen molar-refractivity contribution in [1.29, 1.82) is 0 Å². The van der Waals surface area contributed by atoms with E-state index in [4.69, 9.17) is 36.7 Å². The van der Waals surface area contributed by atoms with Crippen LogP contribution in [-0.2, 0) is 22.4 Å². The summed E-state index contributed by atoms with van der Waals surface area (Å²) in [6.45, 7) is 2.64. The topological polar surface area (TPSA) is 129 Å². The Labute approximate surface area is 232 Å². The number of halogens is 1. The second-order valence-corrected chi connectivity index (χ2v) is 9.55. The number of ether oxygens (including phenoxy) is 2. The molecule has 0 saturated carbocycles. The first-order chi connectivity index (χ1) is 19.0. The molecule has 4 rings (SSSR count). The third-order valence-electron chi connectivity index (χ3n) is 6.57. The van der Waals surface area contributed by atoms with E-state index in [-0.39, 0.29) is 18.9 Å². The number of azide groups is 1. The van der Waals surface area contributed by atoms with Crippen molar-refractivity contribution >= 4 is 29.1 Å². The van der Waals surface area contributed by atoms with Gasteiger partial charge >= 0.3 is 0 Å². The molecule has 0 saturated heterocycles. The highest BCUT2D eigenvalue weighted by atomic mass is 35.5. The summed E-state index contributed by atoms with van der Waals surface area (Å²) in [6, 6.07) is 21.9. The lowest BCUT2D eigenvalue weighted by Crippen LogP contribution is -2.52. The third kappa shape index (κ3) is 6.70. The maximum Gasteiger partial charge on any atom is 0.252 e. The molecule has 2 atom stereocenters. The van der Waals surface area contributed by atoms with E-state index in [1.807, 2.05) is 55.5 Å². The molecule has 1 aliphatic rings. The molecule has 2 N–H and O–H groups in total. The first kappa shape index (κ1) is 28.0. The van der Waals surface area contributed by atoms with E-state index in [1.165, 1.54) is 0 Å². The number of aliphatic hydroxyl groups excluding tert-OH is 1. The summed E-state index contributed by atoms with van der Waals surface area (Å²) in [5, 5.41) is 16.4. The minimum atomic E-state index is -1.30. The Hall–Kier alpha value is -4.04. The number of rotatable bonds is 12. The number of benzene rings is 3. The van der Waals surface area contributed by atoms with E-state index in [2.05, 4.69) is 15.3 Å². The monoisotopic (exact) mass is 547 g/mol. The third-order valence-corrected chi connectivity index (χ3v) is 6.94. The molecule has 202 valence electrons. The number of hydrogen-bond donors (Lipinski definition) is 2. The quantitative estimate of drug-likeness (QED) is 0.133. The fourth-order valence-electron chi connectivity index (χ4n) is 4.40. The van der Waals surface area contributed by atoms with Crippen molar-refractivity contribution in [1.82, 2.24) is 5.32 Å². The molecule has 1 amide bonds. The predicted molar refractivity (Wildman–Crippen MR) is 151 cm³/mol. The molecule has 1 heterocycles.